The number of amides is 1. The van der Waals surface area contributed by atoms with E-state index in [9.17, 15) is 18.0 Å². The van der Waals surface area contributed by atoms with Gasteiger partial charge in [-0.05, 0) is 61.9 Å². The van der Waals surface area contributed by atoms with E-state index in [1.165, 1.54) is 5.56 Å². The molecule has 0 aliphatic heterocycles. The predicted molar refractivity (Wildman–Crippen MR) is 113 cm³/mol. The molecule has 2 aromatic rings. The summed E-state index contributed by atoms with van der Waals surface area (Å²) in [6, 6.07) is 17.7. The van der Waals surface area contributed by atoms with Crippen LogP contribution in [0.4, 0.5) is 13.2 Å². The lowest BCUT2D eigenvalue weighted by Gasteiger charge is -2.41. The first-order valence-corrected chi connectivity index (χ1v) is 10.5. The Bertz CT molecular complexity index is 834. The molecule has 3 rings (SSSR count). The van der Waals surface area contributed by atoms with E-state index in [0.717, 1.165) is 31.4 Å². The van der Waals surface area contributed by atoms with Crippen molar-refractivity contribution < 1.29 is 18.0 Å². The lowest BCUT2D eigenvalue weighted by molar-refractivity contribution is -0.173. The molecule has 0 unspecified atom stereocenters. The van der Waals surface area contributed by atoms with Crippen LogP contribution in [0.15, 0.2) is 54.6 Å². The van der Waals surface area contributed by atoms with Gasteiger partial charge < -0.3 is 10.6 Å². The van der Waals surface area contributed by atoms with Crippen LogP contribution in [-0.2, 0) is 16.6 Å². The van der Waals surface area contributed by atoms with Gasteiger partial charge in [0.05, 0.1) is 0 Å². The molecule has 2 N–H and O–H groups in total. The Labute approximate surface area is 180 Å². The standard InChI is InChI=1S/C23H26ClF3N2O/c24-19-8-4-7-18(15-19)22(16-29-21(30)23(25,26)27)12-9-20(10-13-22)28-14-11-17-5-2-1-3-6-17/h1-8,15,20,28H,9-14,16H2,(H,29,30). The maximum absolute atomic E-state index is 12.7. The Hall–Kier alpha value is -2.05. The molecule has 1 aliphatic rings. The molecule has 2 aromatic carbocycles. The summed E-state index contributed by atoms with van der Waals surface area (Å²) in [4.78, 5) is 11.4. The van der Waals surface area contributed by atoms with Gasteiger partial charge in [0.2, 0.25) is 0 Å². The van der Waals surface area contributed by atoms with Gasteiger partial charge in [-0.2, -0.15) is 13.2 Å². The monoisotopic (exact) mass is 438 g/mol. The number of halogens is 4. The molecule has 0 aromatic heterocycles. The topological polar surface area (TPSA) is 41.1 Å². The van der Waals surface area contributed by atoms with Crippen LogP contribution in [0.25, 0.3) is 0 Å². The SMILES string of the molecule is O=C(NCC1(c2cccc(Cl)c2)CCC(NCCc2ccccc2)CC1)C(F)(F)F. The van der Waals surface area contributed by atoms with Crippen molar-refractivity contribution in [2.45, 2.75) is 49.7 Å². The van der Waals surface area contributed by atoms with Crippen LogP contribution in [0.3, 0.4) is 0 Å². The summed E-state index contributed by atoms with van der Waals surface area (Å²) in [7, 11) is 0. The molecule has 0 saturated heterocycles. The first kappa shape index (κ1) is 22.6. The van der Waals surface area contributed by atoms with Crippen LogP contribution in [0.2, 0.25) is 5.02 Å². The summed E-state index contributed by atoms with van der Waals surface area (Å²) in [5, 5.41) is 6.21. The van der Waals surface area contributed by atoms with Crippen LogP contribution in [0.5, 0.6) is 0 Å². The molecule has 1 fully saturated rings. The third-order valence-corrected chi connectivity index (χ3v) is 6.15. The average molecular weight is 439 g/mol. The summed E-state index contributed by atoms with van der Waals surface area (Å²) in [6.07, 6.45) is -0.959. The number of alkyl halides is 3. The van der Waals surface area contributed by atoms with E-state index in [-0.39, 0.29) is 6.54 Å². The van der Waals surface area contributed by atoms with E-state index in [4.69, 9.17) is 11.6 Å². The second kappa shape index (κ2) is 9.84. The summed E-state index contributed by atoms with van der Waals surface area (Å²) in [5.41, 5.74) is 1.59. The maximum Gasteiger partial charge on any atom is 0.471 e. The molecule has 0 spiro atoms. The zero-order valence-electron chi connectivity index (χ0n) is 16.6. The van der Waals surface area contributed by atoms with Crippen molar-refractivity contribution in [2.24, 2.45) is 0 Å². The Morgan fingerprint density at radius 2 is 1.77 bits per heavy atom. The Kier molecular flexibility index (Phi) is 7.42. The van der Waals surface area contributed by atoms with Gasteiger partial charge in [0.25, 0.3) is 0 Å². The van der Waals surface area contributed by atoms with E-state index >= 15 is 0 Å². The Morgan fingerprint density at radius 3 is 2.40 bits per heavy atom. The van der Waals surface area contributed by atoms with Crippen LogP contribution in [-0.4, -0.2) is 31.2 Å². The van der Waals surface area contributed by atoms with Gasteiger partial charge >= 0.3 is 12.1 Å². The zero-order chi connectivity index (χ0) is 21.6. The van der Waals surface area contributed by atoms with E-state index in [1.807, 2.05) is 24.3 Å². The first-order valence-electron chi connectivity index (χ1n) is 10.2. The highest BCUT2D eigenvalue weighted by molar-refractivity contribution is 6.30. The smallest absolute Gasteiger partial charge is 0.347 e. The first-order chi connectivity index (χ1) is 14.3. The molecule has 30 heavy (non-hydrogen) atoms. The van der Waals surface area contributed by atoms with Gasteiger partial charge in [-0.3, -0.25) is 4.79 Å². The van der Waals surface area contributed by atoms with Gasteiger partial charge in [-0.15, -0.1) is 0 Å². The third kappa shape index (κ3) is 5.99. The number of nitrogens with one attached hydrogen (secondary N) is 2. The molecule has 7 heteroatoms. The summed E-state index contributed by atoms with van der Waals surface area (Å²) in [5.74, 6) is -1.90. The minimum absolute atomic E-state index is 0.0532. The molecule has 1 saturated carbocycles. The van der Waals surface area contributed by atoms with Crippen molar-refractivity contribution in [2.75, 3.05) is 13.1 Å². The van der Waals surface area contributed by atoms with Crippen molar-refractivity contribution >= 4 is 17.5 Å². The van der Waals surface area contributed by atoms with Crippen LogP contribution < -0.4 is 10.6 Å². The minimum Gasteiger partial charge on any atom is -0.347 e. The van der Waals surface area contributed by atoms with Crippen molar-refractivity contribution in [3.05, 3.63) is 70.7 Å². The van der Waals surface area contributed by atoms with Crippen molar-refractivity contribution in [3.63, 3.8) is 0 Å². The largest absolute Gasteiger partial charge is 0.471 e. The lowest BCUT2D eigenvalue weighted by atomic mass is 9.68. The van der Waals surface area contributed by atoms with E-state index in [2.05, 4.69) is 22.8 Å². The van der Waals surface area contributed by atoms with Gasteiger partial charge in [0.15, 0.2) is 0 Å². The normalized spacial score (nSPS) is 21.9. The molecule has 1 aliphatic carbocycles. The second-order valence-electron chi connectivity index (χ2n) is 7.94. The van der Waals surface area contributed by atoms with E-state index < -0.39 is 17.5 Å². The highest BCUT2D eigenvalue weighted by atomic mass is 35.5. The predicted octanol–water partition coefficient (Wildman–Crippen LogP) is 5.03. The molecule has 0 radical (unpaired) electrons. The van der Waals surface area contributed by atoms with Crippen molar-refractivity contribution in [1.29, 1.82) is 0 Å². The highest BCUT2D eigenvalue weighted by Crippen LogP contribution is 2.40. The summed E-state index contributed by atoms with van der Waals surface area (Å²) in [6.45, 7) is 0.798. The summed E-state index contributed by atoms with van der Waals surface area (Å²) >= 11 is 6.14. The number of hydrogen-bond acceptors (Lipinski definition) is 2. The number of hydrogen-bond donors (Lipinski definition) is 2. The maximum atomic E-state index is 12.7. The van der Waals surface area contributed by atoms with Crippen molar-refractivity contribution in [1.82, 2.24) is 10.6 Å². The molecule has 0 atom stereocenters. The third-order valence-electron chi connectivity index (χ3n) is 5.91. The quantitative estimate of drug-likeness (QED) is 0.636. The van der Waals surface area contributed by atoms with Gasteiger partial charge in [0.1, 0.15) is 0 Å². The summed E-state index contributed by atoms with van der Waals surface area (Å²) < 4.78 is 38.1. The fourth-order valence-electron chi connectivity index (χ4n) is 4.18. The molecule has 162 valence electrons. The second-order valence-corrected chi connectivity index (χ2v) is 8.37. The number of benzene rings is 2. The van der Waals surface area contributed by atoms with Crippen molar-refractivity contribution in [3.8, 4) is 0 Å². The van der Waals surface area contributed by atoms with Gasteiger partial charge in [-0.1, -0.05) is 54.1 Å². The van der Waals surface area contributed by atoms with Crippen LogP contribution >= 0.6 is 11.6 Å². The number of rotatable bonds is 7. The number of carbonyl (C=O) groups is 1. The lowest BCUT2D eigenvalue weighted by Crippen LogP contribution is -2.49. The zero-order valence-corrected chi connectivity index (χ0v) is 17.4. The molecular weight excluding hydrogens is 413 g/mol. The van der Waals surface area contributed by atoms with Gasteiger partial charge in [-0.25, -0.2) is 0 Å². The average Bonchev–Trinajstić information content (AvgIpc) is 2.73. The fourth-order valence-corrected chi connectivity index (χ4v) is 4.37. The Morgan fingerprint density at radius 1 is 1.07 bits per heavy atom. The van der Waals surface area contributed by atoms with Crippen LogP contribution in [0.1, 0.15) is 36.8 Å². The molecule has 0 bridgehead atoms. The minimum atomic E-state index is -4.88. The molecule has 0 heterocycles. The fraction of sp³-hybridized carbons (Fsp3) is 0.435. The molecular formula is C23H26ClF3N2O. The number of carbonyl (C=O) groups excluding carboxylic acids is 1. The molecule has 3 nitrogen and oxygen atoms in total. The van der Waals surface area contributed by atoms with E-state index in [1.54, 1.807) is 18.2 Å². The Balaban J connectivity index is 1.62. The van der Waals surface area contributed by atoms with E-state index in [0.29, 0.717) is 23.9 Å². The molecule has 1 amide bonds. The van der Waals surface area contributed by atoms with Gasteiger partial charge in [0, 0.05) is 23.0 Å². The van der Waals surface area contributed by atoms with Crippen LogP contribution in [0, 0.1) is 0 Å². The highest BCUT2D eigenvalue weighted by Gasteiger charge is 2.42.